The maximum atomic E-state index is 5.65. The third-order valence-electron chi connectivity index (χ3n) is 3.32. The molecule has 6 heteroatoms. The van der Waals surface area contributed by atoms with Gasteiger partial charge < -0.3 is 15.4 Å². The van der Waals surface area contributed by atoms with E-state index in [0.29, 0.717) is 0 Å². The molecule has 130 valence electrons. The maximum absolute atomic E-state index is 5.65. The van der Waals surface area contributed by atoms with Crippen molar-refractivity contribution < 1.29 is 4.74 Å². The van der Waals surface area contributed by atoms with Gasteiger partial charge >= 0.3 is 0 Å². The van der Waals surface area contributed by atoms with Crippen molar-refractivity contribution >= 4 is 17.3 Å². The molecule has 0 bridgehead atoms. The molecule has 0 radical (unpaired) electrons. The number of aryl methyl sites for hydroxylation is 1. The molecule has 2 N–H and O–H groups in total. The Balaban J connectivity index is 1.74. The second-order valence-corrected chi connectivity index (χ2v) is 6.83. The van der Waals surface area contributed by atoms with E-state index in [1.54, 1.807) is 18.4 Å². The van der Waals surface area contributed by atoms with Gasteiger partial charge in [0.1, 0.15) is 5.75 Å². The van der Waals surface area contributed by atoms with Crippen LogP contribution in [0.1, 0.15) is 30.1 Å². The zero-order chi connectivity index (χ0) is 17.4. The van der Waals surface area contributed by atoms with Crippen LogP contribution in [0.4, 0.5) is 0 Å². The smallest absolute Gasteiger partial charge is 0.191 e. The molecule has 1 aromatic heterocycles. The summed E-state index contributed by atoms with van der Waals surface area (Å²) in [5, 5.41) is 9.85. The van der Waals surface area contributed by atoms with Gasteiger partial charge in [0.15, 0.2) is 5.96 Å². The molecular weight excluding hydrogens is 320 g/mol. The molecule has 0 aliphatic carbocycles. The van der Waals surface area contributed by atoms with E-state index in [0.717, 1.165) is 41.9 Å². The van der Waals surface area contributed by atoms with Crippen LogP contribution in [0.3, 0.4) is 0 Å². The lowest BCUT2D eigenvalue weighted by atomic mass is 10.2. The molecule has 0 atom stereocenters. The summed E-state index contributed by atoms with van der Waals surface area (Å²) in [6, 6.07) is 8.13. The minimum absolute atomic E-state index is 0.193. The minimum Gasteiger partial charge on any atom is -0.491 e. The molecule has 0 fully saturated rings. The lowest BCUT2D eigenvalue weighted by Gasteiger charge is -2.13. The average molecular weight is 347 g/mol. The van der Waals surface area contributed by atoms with E-state index in [1.165, 1.54) is 5.56 Å². The number of aliphatic imine (C=N–C) groups is 1. The summed E-state index contributed by atoms with van der Waals surface area (Å²) in [5.74, 6) is 1.69. The number of nitrogens with one attached hydrogen (secondary N) is 2. The van der Waals surface area contributed by atoms with Gasteiger partial charge in [-0.3, -0.25) is 4.99 Å². The highest BCUT2D eigenvalue weighted by Gasteiger charge is 2.02. The van der Waals surface area contributed by atoms with Crippen molar-refractivity contribution in [3.63, 3.8) is 0 Å². The van der Waals surface area contributed by atoms with Crippen LogP contribution in [0.15, 0.2) is 34.6 Å². The van der Waals surface area contributed by atoms with Gasteiger partial charge in [-0.25, -0.2) is 4.98 Å². The Bertz CT molecular complexity index is 649. The van der Waals surface area contributed by atoms with Gasteiger partial charge in [0.2, 0.25) is 0 Å². The van der Waals surface area contributed by atoms with Crippen molar-refractivity contribution in [1.29, 1.82) is 0 Å². The molecule has 24 heavy (non-hydrogen) atoms. The van der Waals surface area contributed by atoms with Gasteiger partial charge in [-0.15, -0.1) is 11.3 Å². The largest absolute Gasteiger partial charge is 0.491 e. The molecule has 0 aliphatic heterocycles. The molecule has 0 unspecified atom stereocenters. The summed E-state index contributed by atoms with van der Waals surface area (Å²) in [6.07, 6.45) is 1.09. The van der Waals surface area contributed by atoms with Gasteiger partial charge in [0, 0.05) is 31.9 Å². The van der Waals surface area contributed by atoms with Crippen LogP contribution < -0.4 is 15.4 Å². The van der Waals surface area contributed by atoms with Crippen molar-refractivity contribution in [2.75, 3.05) is 13.6 Å². The van der Waals surface area contributed by atoms with E-state index in [1.807, 2.05) is 32.9 Å². The van der Waals surface area contributed by atoms with E-state index in [-0.39, 0.29) is 6.10 Å². The quantitative estimate of drug-likeness (QED) is 0.597. The molecule has 0 spiro atoms. The first-order valence-electron chi connectivity index (χ1n) is 8.18. The fourth-order valence-corrected chi connectivity index (χ4v) is 2.84. The van der Waals surface area contributed by atoms with Crippen LogP contribution in [0, 0.1) is 6.92 Å². The molecule has 0 amide bonds. The normalized spacial score (nSPS) is 11.6. The van der Waals surface area contributed by atoms with Crippen LogP contribution in [-0.4, -0.2) is 30.6 Å². The van der Waals surface area contributed by atoms with Gasteiger partial charge in [0.05, 0.1) is 16.8 Å². The fourth-order valence-electron chi connectivity index (χ4n) is 2.20. The Hall–Kier alpha value is -2.08. The molecule has 0 saturated heterocycles. The van der Waals surface area contributed by atoms with E-state index < -0.39 is 0 Å². The second-order valence-electron chi connectivity index (χ2n) is 5.77. The van der Waals surface area contributed by atoms with Crippen LogP contribution in [-0.2, 0) is 13.0 Å². The summed E-state index contributed by atoms with van der Waals surface area (Å²) < 4.78 is 5.65. The Labute approximate surface area is 148 Å². The van der Waals surface area contributed by atoms with Gasteiger partial charge in [-0.05, 0) is 38.5 Å². The monoisotopic (exact) mass is 346 g/mol. The second kappa shape index (κ2) is 9.27. The molecule has 0 saturated carbocycles. The predicted molar refractivity (Wildman–Crippen MR) is 101 cm³/mol. The minimum atomic E-state index is 0.193. The molecule has 5 nitrogen and oxygen atoms in total. The van der Waals surface area contributed by atoms with Gasteiger partial charge in [0.25, 0.3) is 0 Å². The highest BCUT2D eigenvalue weighted by Crippen LogP contribution is 2.13. The van der Waals surface area contributed by atoms with E-state index in [2.05, 4.69) is 38.1 Å². The summed E-state index contributed by atoms with van der Waals surface area (Å²) in [4.78, 5) is 8.71. The average Bonchev–Trinajstić information content (AvgIpc) is 2.97. The SMILES string of the molecule is CN=C(NCCc1csc(C)n1)NCc1ccc(OC(C)C)cc1. The van der Waals surface area contributed by atoms with Gasteiger partial charge in [-0.2, -0.15) is 0 Å². The number of aromatic nitrogens is 1. The van der Waals surface area contributed by atoms with Crippen LogP contribution in [0.2, 0.25) is 0 Å². The number of guanidine groups is 1. The Morgan fingerprint density at radius 1 is 1.25 bits per heavy atom. The molecule has 1 aromatic carbocycles. The molecule has 0 aliphatic rings. The maximum Gasteiger partial charge on any atom is 0.191 e. The van der Waals surface area contributed by atoms with Crippen LogP contribution in [0.5, 0.6) is 5.75 Å². The Morgan fingerprint density at radius 3 is 2.58 bits per heavy atom. The number of benzene rings is 1. The molecule has 2 aromatic rings. The lowest BCUT2D eigenvalue weighted by molar-refractivity contribution is 0.242. The summed E-state index contributed by atoms with van der Waals surface area (Å²) in [5.41, 5.74) is 2.31. The van der Waals surface area contributed by atoms with Crippen LogP contribution in [0.25, 0.3) is 0 Å². The molecular formula is C18H26N4OS. The lowest BCUT2D eigenvalue weighted by Crippen LogP contribution is -2.37. The highest BCUT2D eigenvalue weighted by atomic mass is 32.1. The predicted octanol–water partition coefficient (Wildman–Crippen LogP) is 3.15. The fraction of sp³-hybridized carbons (Fsp3) is 0.444. The zero-order valence-corrected chi connectivity index (χ0v) is 15.6. The van der Waals surface area contributed by atoms with Crippen molar-refractivity contribution in [2.24, 2.45) is 4.99 Å². The first-order valence-corrected chi connectivity index (χ1v) is 9.06. The third kappa shape index (κ3) is 6.20. The number of thiazole rings is 1. The van der Waals surface area contributed by atoms with Crippen molar-refractivity contribution in [3.05, 3.63) is 45.9 Å². The highest BCUT2D eigenvalue weighted by molar-refractivity contribution is 7.09. The van der Waals surface area contributed by atoms with E-state index in [4.69, 9.17) is 4.74 Å². The number of hydrogen-bond acceptors (Lipinski definition) is 4. The van der Waals surface area contributed by atoms with Crippen molar-refractivity contribution in [2.45, 2.75) is 39.8 Å². The van der Waals surface area contributed by atoms with E-state index >= 15 is 0 Å². The molecule has 2 rings (SSSR count). The third-order valence-corrected chi connectivity index (χ3v) is 4.14. The van der Waals surface area contributed by atoms with Crippen LogP contribution >= 0.6 is 11.3 Å². The van der Waals surface area contributed by atoms with Crippen molar-refractivity contribution in [1.82, 2.24) is 15.6 Å². The summed E-state index contributed by atoms with van der Waals surface area (Å²) in [6.45, 7) is 7.61. The number of nitrogens with zero attached hydrogens (tertiary/aromatic N) is 2. The Kier molecular flexibility index (Phi) is 7.06. The first kappa shape index (κ1) is 18.3. The van der Waals surface area contributed by atoms with Crippen molar-refractivity contribution in [3.8, 4) is 5.75 Å². The Morgan fingerprint density at radius 2 is 2.00 bits per heavy atom. The number of rotatable bonds is 7. The van der Waals surface area contributed by atoms with Gasteiger partial charge in [-0.1, -0.05) is 12.1 Å². The first-order chi connectivity index (χ1) is 11.6. The standard InChI is InChI=1S/C18H26N4OS/c1-13(2)23-17-7-5-15(6-8-17)11-21-18(19-4)20-10-9-16-12-24-14(3)22-16/h5-8,12-13H,9-11H2,1-4H3,(H2,19,20,21). The van der Waals surface area contributed by atoms with E-state index in [9.17, 15) is 0 Å². The zero-order valence-electron chi connectivity index (χ0n) is 14.8. The number of hydrogen-bond donors (Lipinski definition) is 2. The molecule has 1 heterocycles. The summed E-state index contributed by atoms with van der Waals surface area (Å²) >= 11 is 1.69. The topological polar surface area (TPSA) is 58.5 Å². The summed E-state index contributed by atoms with van der Waals surface area (Å²) in [7, 11) is 1.78. The number of ether oxygens (including phenoxy) is 1.